The summed E-state index contributed by atoms with van der Waals surface area (Å²) in [5.41, 5.74) is 0.933. The van der Waals surface area contributed by atoms with E-state index in [-0.39, 0.29) is 17.5 Å². The number of nitrogens with one attached hydrogen (secondary N) is 3. The molecule has 5 nitrogen and oxygen atoms in total. The fourth-order valence-electron chi connectivity index (χ4n) is 3.02. The summed E-state index contributed by atoms with van der Waals surface area (Å²) >= 11 is 0. The Morgan fingerprint density at radius 2 is 2.18 bits per heavy atom. The third-order valence-corrected chi connectivity index (χ3v) is 4.48. The molecule has 0 spiro atoms. The maximum Gasteiger partial charge on any atom is 0.231 e. The number of hydrogen-bond acceptors (Lipinski definition) is 3. The lowest BCUT2D eigenvalue weighted by Crippen LogP contribution is -2.46. The Morgan fingerprint density at radius 3 is 2.91 bits per heavy atom. The topological polar surface area (TPSA) is 70.2 Å². The molecule has 22 heavy (non-hydrogen) atoms. The smallest absolute Gasteiger partial charge is 0.231 e. The fraction of sp³-hybridized carbons (Fsp3) is 0.500. The SMILES string of the molecule is CC1(C(=O)Nc2cc3c(cc2F)CCC(=O)N3)CCCNC1. The molecule has 1 aromatic carbocycles. The highest BCUT2D eigenvalue weighted by Crippen LogP contribution is 2.31. The van der Waals surface area contributed by atoms with Crippen LogP contribution in [0.3, 0.4) is 0 Å². The van der Waals surface area contributed by atoms with Gasteiger partial charge in [-0.25, -0.2) is 4.39 Å². The molecule has 1 fully saturated rings. The highest BCUT2D eigenvalue weighted by Gasteiger charge is 2.35. The summed E-state index contributed by atoms with van der Waals surface area (Å²) < 4.78 is 14.2. The first-order chi connectivity index (χ1) is 10.5. The van der Waals surface area contributed by atoms with Crippen LogP contribution in [-0.4, -0.2) is 24.9 Å². The summed E-state index contributed by atoms with van der Waals surface area (Å²) in [4.78, 5) is 23.9. The van der Waals surface area contributed by atoms with Crippen molar-refractivity contribution in [2.45, 2.75) is 32.6 Å². The third kappa shape index (κ3) is 2.83. The molecule has 1 saturated heterocycles. The summed E-state index contributed by atoms with van der Waals surface area (Å²) in [5, 5.41) is 8.60. The molecule has 1 atom stereocenters. The molecular formula is C16H20FN3O2. The molecule has 2 amide bonds. The minimum Gasteiger partial charge on any atom is -0.326 e. The molecule has 118 valence electrons. The summed E-state index contributed by atoms with van der Waals surface area (Å²) in [5.74, 6) is -0.740. The molecule has 2 heterocycles. The first kappa shape index (κ1) is 15.0. The maximum atomic E-state index is 14.2. The second kappa shape index (κ2) is 5.68. The van der Waals surface area contributed by atoms with Crippen molar-refractivity contribution in [1.82, 2.24) is 5.32 Å². The van der Waals surface area contributed by atoms with E-state index in [2.05, 4.69) is 16.0 Å². The van der Waals surface area contributed by atoms with Gasteiger partial charge in [-0.1, -0.05) is 0 Å². The van der Waals surface area contributed by atoms with E-state index in [9.17, 15) is 14.0 Å². The van der Waals surface area contributed by atoms with Gasteiger partial charge in [-0.15, -0.1) is 0 Å². The van der Waals surface area contributed by atoms with Crippen molar-refractivity contribution in [3.63, 3.8) is 0 Å². The van der Waals surface area contributed by atoms with E-state index >= 15 is 0 Å². The molecule has 1 aromatic rings. The summed E-state index contributed by atoms with van der Waals surface area (Å²) in [6.07, 6.45) is 2.58. The number of hydrogen-bond donors (Lipinski definition) is 3. The van der Waals surface area contributed by atoms with Crippen LogP contribution >= 0.6 is 0 Å². The number of aryl methyl sites for hydroxylation is 1. The number of anilines is 2. The van der Waals surface area contributed by atoms with Gasteiger partial charge in [0.2, 0.25) is 11.8 Å². The van der Waals surface area contributed by atoms with Gasteiger partial charge < -0.3 is 16.0 Å². The predicted molar refractivity (Wildman–Crippen MR) is 82.2 cm³/mol. The Kier molecular flexibility index (Phi) is 3.87. The fourth-order valence-corrected chi connectivity index (χ4v) is 3.02. The number of piperidine rings is 1. The summed E-state index contributed by atoms with van der Waals surface area (Å²) in [7, 11) is 0. The molecule has 0 aromatic heterocycles. The Labute approximate surface area is 128 Å². The summed E-state index contributed by atoms with van der Waals surface area (Å²) in [6.45, 7) is 3.37. The Balaban J connectivity index is 1.81. The van der Waals surface area contributed by atoms with Crippen LogP contribution in [0.4, 0.5) is 15.8 Å². The largest absolute Gasteiger partial charge is 0.326 e. The van der Waals surface area contributed by atoms with Gasteiger partial charge in [0, 0.05) is 18.7 Å². The van der Waals surface area contributed by atoms with Crippen LogP contribution in [0.15, 0.2) is 12.1 Å². The molecule has 2 aliphatic rings. The Bertz CT molecular complexity index is 624. The van der Waals surface area contributed by atoms with Crippen LogP contribution in [0.1, 0.15) is 31.7 Å². The van der Waals surface area contributed by atoms with Gasteiger partial charge in [0.05, 0.1) is 11.1 Å². The van der Waals surface area contributed by atoms with E-state index < -0.39 is 11.2 Å². The van der Waals surface area contributed by atoms with Crippen molar-refractivity contribution in [2.75, 3.05) is 23.7 Å². The van der Waals surface area contributed by atoms with Gasteiger partial charge in [0.1, 0.15) is 5.82 Å². The highest BCUT2D eigenvalue weighted by molar-refractivity contribution is 5.98. The van der Waals surface area contributed by atoms with Gasteiger partial charge in [-0.2, -0.15) is 0 Å². The zero-order valence-corrected chi connectivity index (χ0v) is 12.6. The van der Waals surface area contributed by atoms with E-state index in [0.717, 1.165) is 24.9 Å². The number of carbonyl (C=O) groups excluding carboxylic acids is 2. The number of carbonyl (C=O) groups is 2. The van der Waals surface area contributed by atoms with Crippen molar-refractivity contribution in [3.05, 3.63) is 23.5 Å². The Morgan fingerprint density at radius 1 is 1.36 bits per heavy atom. The summed E-state index contributed by atoms with van der Waals surface area (Å²) in [6, 6.07) is 2.91. The van der Waals surface area contributed by atoms with Gasteiger partial charge >= 0.3 is 0 Å². The number of rotatable bonds is 2. The first-order valence-electron chi connectivity index (χ1n) is 7.62. The molecule has 0 bridgehead atoms. The number of halogens is 1. The van der Waals surface area contributed by atoms with Crippen LogP contribution < -0.4 is 16.0 Å². The van der Waals surface area contributed by atoms with Crippen molar-refractivity contribution >= 4 is 23.2 Å². The molecule has 3 N–H and O–H groups in total. The van der Waals surface area contributed by atoms with E-state index in [1.165, 1.54) is 12.1 Å². The van der Waals surface area contributed by atoms with Crippen LogP contribution in [0.2, 0.25) is 0 Å². The number of amides is 2. The van der Waals surface area contributed by atoms with Crippen LogP contribution in [-0.2, 0) is 16.0 Å². The normalized spacial score (nSPS) is 24.4. The van der Waals surface area contributed by atoms with E-state index in [1.54, 1.807) is 0 Å². The third-order valence-electron chi connectivity index (χ3n) is 4.48. The zero-order valence-electron chi connectivity index (χ0n) is 12.6. The van der Waals surface area contributed by atoms with Crippen LogP contribution in [0.25, 0.3) is 0 Å². The lowest BCUT2D eigenvalue weighted by molar-refractivity contribution is -0.125. The van der Waals surface area contributed by atoms with Crippen molar-refractivity contribution < 1.29 is 14.0 Å². The molecule has 2 aliphatic heterocycles. The first-order valence-corrected chi connectivity index (χ1v) is 7.62. The molecule has 0 aliphatic carbocycles. The van der Waals surface area contributed by atoms with Crippen molar-refractivity contribution in [3.8, 4) is 0 Å². The standard InChI is InChI=1S/C16H20FN3O2/c1-16(5-2-6-18-9-16)15(22)20-13-8-12-10(7-11(13)17)3-4-14(21)19-12/h7-8,18H,2-6,9H2,1H3,(H,19,21)(H,20,22). The van der Waals surface area contributed by atoms with Crippen molar-refractivity contribution in [2.24, 2.45) is 5.41 Å². The minimum atomic E-state index is -0.538. The average molecular weight is 305 g/mol. The van der Waals surface area contributed by atoms with Gasteiger partial charge in [0.25, 0.3) is 0 Å². The predicted octanol–water partition coefficient (Wildman–Crippen LogP) is 2.04. The molecule has 0 radical (unpaired) electrons. The molecule has 1 unspecified atom stereocenters. The van der Waals surface area contributed by atoms with Crippen LogP contribution in [0, 0.1) is 11.2 Å². The van der Waals surface area contributed by atoms with Gasteiger partial charge in [-0.3, -0.25) is 9.59 Å². The minimum absolute atomic E-state index is 0.0835. The van der Waals surface area contributed by atoms with Gasteiger partial charge in [0.15, 0.2) is 0 Å². The molecule has 6 heteroatoms. The van der Waals surface area contributed by atoms with Crippen LogP contribution in [0.5, 0.6) is 0 Å². The zero-order chi connectivity index (χ0) is 15.7. The van der Waals surface area contributed by atoms with E-state index in [1.807, 2.05) is 6.92 Å². The lowest BCUT2D eigenvalue weighted by Gasteiger charge is -2.32. The quantitative estimate of drug-likeness (QED) is 0.783. The monoisotopic (exact) mass is 305 g/mol. The molecular weight excluding hydrogens is 285 g/mol. The number of fused-ring (bicyclic) bond motifs is 1. The average Bonchev–Trinajstić information content (AvgIpc) is 2.49. The Hall–Kier alpha value is -1.95. The van der Waals surface area contributed by atoms with Crippen molar-refractivity contribution in [1.29, 1.82) is 0 Å². The number of benzene rings is 1. The highest BCUT2D eigenvalue weighted by atomic mass is 19.1. The molecule has 3 rings (SSSR count). The second-order valence-corrected chi connectivity index (χ2v) is 6.33. The maximum absolute atomic E-state index is 14.2. The lowest BCUT2D eigenvalue weighted by atomic mass is 9.82. The van der Waals surface area contributed by atoms with Gasteiger partial charge in [-0.05, 0) is 50.4 Å². The molecule has 0 saturated carbocycles. The van der Waals surface area contributed by atoms with E-state index in [0.29, 0.717) is 25.1 Å². The second-order valence-electron chi connectivity index (χ2n) is 6.33. The van der Waals surface area contributed by atoms with E-state index in [4.69, 9.17) is 0 Å².